The van der Waals surface area contributed by atoms with E-state index in [0.29, 0.717) is 6.04 Å². The zero-order valence-corrected chi connectivity index (χ0v) is 11.3. The largest absolute Gasteiger partial charge is 0.353 e. The van der Waals surface area contributed by atoms with Crippen LogP contribution in [0.25, 0.3) is 0 Å². The molecule has 0 aliphatic carbocycles. The number of benzene rings is 1. The van der Waals surface area contributed by atoms with Gasteiger partial charge in [0.1, 0.15) is 0 Å². The van der Waals surface area contributed by atoms with Gasteiger partial charge in [0.15, 0.2) is 5.82 Å². The van der Waals surface area contributed by atoms with E-state index < -0.39 is 0 Å². The molecule has 19 heavy (non-hydrogen) atoms. The molecule has 4 nitrogen and oxygen atoms in total. The van der Waals surface area contributed by atoms with Gasteiger partial charge in [-0.15, -0.1) is 0 Å². The van der Waals surface area contributed by atoms with Crippen molar-refractivity contribution >= 4 is 5.82 Å². The van der Waals surface area contributed by atoms with Gasteiger partial charge in [0.25, 0.3) is 0 Å². The second kappa shape index (κ2) is 5.45. The molecule has 2 heterocycles. The third kappa shape index (κ3) is 2.79. The molecule has 1 fully saturated rings. The molecule has 1 N–H and O–H groups in total. The molecule has 0 amide bonds. The molecule has 1 aromatic carbocycles. The summed E-state index contributed by atoms with van der Waals surface area (Å²) in [5, 5.41) is 8.15. The van der Waals surface area contributed by atoms with E-state index in [-0.39, 0.29) is 0 Å². The van der Waals surface area contributed by atoms with Crippen LogP contribution in [0, 0.1) is 0 Å². The van der Waals surface area contributed by atoms with Crippen molar-refractivity contribution in [3.8, 4) is 0 Å². The van der Waals surface area contributed by atoms with Gasteiger partial charge < -0.3 is 10.2 Å². The lowest BCUT2D eigenvalue weighted by Crippen LogP contribution is -2.31. The summed E-state index contributed by atoms with van der Waals surface area (Å²) in [6, 6.07) is 13.1. The minimum Gasteiger partial charge on any atom is -0.353 e. The van der Waals surface area contributed by atoms with Crippen LogP contribution in [0.15, 0.2) is 42.6 Å². The van der Waals surface area contributed by atoms with Gasteiger partial charge in [-0.1, -0.05) is 30.3 Å². The van der Waals surface area contributed by atoms with Gasteiger partial charge in [0.05, 0.1) is 0 Å². The van der Waals surface area contributed by atoms with E-state index in [0.717, 1.165) is 31.9 Å². The van der Waals surface area contributed by atoms with Crippen LogP contribution in [0.3, 0.4) is 0 Å². The van der Waals surface area contributed by atoms with Crippen LogP contribution in [0.4, 0.5) is 5.82 Å². The summed E-state index contributed by atoms with van der Waals surface area (Å²) < 4.78 is 1.87. The van der Waals surface area contributed by atoms with Crippen molar-refractivity contribution in [1.29, 1.82) is 0 Å². The molecule has 1 saturated heterocycles. The Morgan fingerprint density at radius 1 is 1.21 bits per heavy atom. The average Bonchev–Trinajstić information content (AvgIpc) is 2.74. The predicted octanol–water partition coefficient (Wildman–Crippen LogP) is 1.96. The molecule has 1 atom stereocenters. The number of hydrogen-bond acceptors (Lipinski definition) is 3. The van der Waals surface area contributed by atoms with E-state index in [1.54, 1.807) is 0 Å². The monoisotopic (exact) mass is 256 g/mol. The second-order valence-corrected chi connectivity index (χ2v) is 5.06. The quantitative estimate of drug-likeness (QED) is 0.891. The lowest BCUT2D eigenvalue weighted by Gasteiger charge is -2.24. The summed E-state index contributed by atoms with van der Waals surface area (Å²) >= 11 is 0. The molecule has 3 rings (SSSR count). The van der Waals surface area contributed by atoms with E-state index >= 15 is 0 Å². The number of anilines is 1. The standard InChI is InChI=1S/C15H20N4/c1-18-11-8-15(17-18)19-10-5-9-16-14(12-19)13-6-3-2-4-7-13/h2-4,6-8,11,14,16H,5,9-10,12H2,1H3. The number of nitrogens with one attached hydrogen (secondary N) is 1. The van der Waals surface area contributed by atoms with Crippen molar-refractivity contribution in [1.82, 2.24) is 15.1 Å². The van der Waals surface area contributed by atoms with Gasteiger partial charge in [-0.05, 0) is 18.5 Å². The van der Waals surface area contributed by atoms with Gasteiger partial charge in [-0.3, -0.25) is 4.68 Å². The Bertz CT molecular complexity index is 520. The second-order valence-electron chi connectivity index (χ2n) is 5.06. The van der Waals surface area contributed by atoms with Crippen molar-refractivity contribution in [3.05, 3.63) is 48.2 Å². The Labute approximate surface area is 114 Å². The zero-order valence-electron chi connectivity index (χ0n) is 11.3. The van der Waals surface area contributed by atoms with E-state index in [2.05, 4.69) is 51.7 Å². The summed E-state index contributed by atoms with van der Waals surface area (Å²) in [5.41, 5.74) is 1.35. The normalized spacial score (nSPS) is 20.3. The maximum absolute atomic E-state index is 4.52. The highest BCUT2D eigenvalue weighted by atomic mass is 15.3. The first-order chi connectivity index (χ1) is 9.33. The van der Waals surface area contributed by atoms with E-state index in [9.17, 15) is 0 Å². The van der Waals surface area contributed by atoms with Gasteiger partial charge in [-0.2, -0.15) is 5.10 Å². The molecular weight excluding hydrogens is 236 g/mol. The van der Waals surface area contributed by atoms with Crippen molar-refractivity contribution < 1.29 is 0 Å². The van der Waals surface area contributed by atoms with Gasteiger partial charge >= 0.3 is 0 Å². The smallest absolute Gasteiger partial charge is 0.150 e. The van der Waals surface area contributed by atoms with Crippen molar-refractivity contribution in [3.63, 3.8) is 0 Å². The predicted molar refractivity (Wildman–Crippen MR) is 77.2 cm³/mol. The third-order valence-electron chi connectivity index (χ3n) is 3.62. The molecular formula is C15H20N4. The Morgan fingerprint density at radius 3 is 2.79 bits per heavy atom. The SMILES string of the molecule is Cn1ccc(N2CCCNC(c3ccccc3)C2)n1. The topological polar surface area (TPSA) is 33.1 Å². The highest BCUT2D eigenvalue weighted by Crippen LogP contribution is 2.20. The molecule has 2 aromatic rings. The molecule has 100 valence electrons. The van der Waals surface area contributed by atoms with Gasteiger partial charge in [0, 0.05) is 38.4 Å². The molecule has 1 aromatic heterocycles. The maximum Gasteiger partial charge on any atom is 0.150 e. The van der Waals surface area contributed by atoms with E-state index in [1.807, 2.05) is 17.9 Å². The third-order valence-corrected chi connectivity index (χ3v) is 3.62. The van der Waals surface area contributed by atoms with Crippen LogP contribution in [0.5, 0.6) is 0 Å². The molecule has 0 radical (unpaired) electrons. The van der Waals surface area contributed by atoms with Crippen LogP contribution in [-0.2, 0) is 7.05 Å². The van der Waals surface area contributed by atoms with Gasteiger partial charge in [0.2, 0.25) is 0 Å². The summed E-state index contributed by atoms with van der Waals surface area (Å²) in [6.45, 7) is 3.09. The van der Waals surface area contributed by atoms with Gasteiger partial charge in [-0.25, -0.2) is 0 Å². The summed E-state index contributed by atoms with van der Waals surface area (Å²) in [4.78, 5) is 2.37. The summed E-state index contributed by atoms with van der Waals surface area (Å²) in [5.74, 6) is 1.08. The molecule has 1 aliphatic rings. The first kappa shape index (κ1) is 12.2. The van der Waals surface area contributed by atoms with Crippen molar-refractivity contribution in [2.45, 2.75) is 12.5 Å². The molecule has 4 heteroatoms. The number of aromatic nitrogens is 2. The lowest BCUT2D eigenvalue weighted by atomic mass is 10.1. The van der Waals surface area contributed by atoms with Crippen LogP contribution in [0.1, 0.15) is 18.0 Å². The highest BCUT2D eigenvalue weighted by molar-refractivity contribution is 5.38. The van der Waals surface area contributed by atoms with Crippen LogP contribution >= 0.6 is 0 Å². The fraction of sp³-hybridized carbons (Fsp3) is 0.400. The number of nitrogens with zero attached hydrogens (tertiary/aromatic N) is 3. The first-order valence-corrected chi connectivity index (χ1v) is 6.86. The molecule has 0 spiro atoms. The van der Waals surface area contributed by atoms with Crippen LogP contribution < -0.4 is 10.2 Å². The average molecular weight is 256 g/mol. The number of hydrogen-bond donors (Lipinski definition) is 1. The molecule has 0 bridgehead atoms. The Morgan fingerprint density at radius 2 is 2.05 bits per heavy atom. The summed E-state index contributed by atoms with van der Waals surface area (Å²) in [6.07, 6.45) is 3.16. The molecule has 1 unspecified atom stereocenters. The van der Waals surface area contributed by atoms with Crippen molar-refractivity contribution in [2.75, 3.05) is 24.5 Å². The zero-order chi connectivity index (χ0) is 13.1. The highest BCUT2D eigenvalue weighted by Gasteiger charge is 2.20. The Hall–Kier alpha value is -1.81. The summed E-state index contributed by atoms with van der Waals surface area (Å²) in [7, 11) is 1.97. The first-order valence-electron chi connectivity index (χ1n) is 6.86. The number of rotatable bonds is 2. The Balaban J connectivity index is 1.80. The fourth-order valence-corrected chi connectivity index (χ4v) is 2.61. The Kier molecular flexibility index (Phi) is 3.51. The van der Waals surface area contributed by atoms with E-state index in [1.165, 1.54) is 5.56 Å². The lowest BCUT2D eigenvalue weighted by molar-refractivity contribution is 0.568. The molecule has 0 saturated carbocycles. The van der Waals surface area contributed by atoms with Crippen LogP contribution in [0.2, 0.25) is 0 Å². The number of aryl methyl sites for hydroxylation is 1. The van der Waals surface area contributed by atoms with Crippen molar-refractivity contribution in [2.24, 2.45) is 7.05 Å². The minimum atomic E-state index is 0.380. The molecule has 1 aliphatic heterocycles. The minimum absolute atomic E-state index is 0.380. The maximum atomic E-state index is 4.52. The van der Waals surface area contributed by atoms with E-state index in [4.69, 9.17) is 0 Å². The fourth-order valence-electron chi connectivity index (χ4n) is 2.61. The van der Waals surface area contributed by atoms with Crippen LogP contribution in [-0.4, -0.2) is 29.4 Å².